The number of aliphatic carboxylic acids is 1. The fourth-order valence-electron chi connectivity index (χ4n) is 13.0. The van der Waals surface area contributed by atoms with Gasteiger partial charge in [-0.1, -0.05) is 54.0 Å². The van der Waals surface area contributed by atoms with Gasteiger partial charge in [0.05, 0.1) is 17.9 Å². The lowest BCUT2D eigenvalue weighted by molar-refractivity contribution is -0.235. The van der Waals surface area contributed by atoms with Crippen molar-refractivity contribution in [3.8, 4) is 0 Å². The molecule has 4 saturated carbocycles. The Morgan fingerprint density at radius 2 is 1.60 bits per heavy atom. The van der Waals surface area contributed by atoms with Gasteiger partial charge in [0.15, 0.2) is 5.78 Å². The number of hydrogen-bond acceptors (Lipinski definition) is 7. The van der Waals surface area contributed by atoms with Crippen molar-refractivity contribution in [1.82, 2.24) is 4.90 Å². The Kier molecular flexibility index (Phi) is 10.5. The molecular formula is C42H70N2O6. The summed E-state index contributed by atoms with van der Waals surface area (Å²) < 4.78 is 6.16. The summed E-state index contributed by atoms with van der Waals surface area (Å²) in [5.41, 5.74) is 6.54. The van der Waals surface area contributed by atoms with Crippen molar-refractivity contribution >= 4 is 17.7 Å². The standard InChI is InChI=1S/C42H70N2O6/c1-25(2)34-28(45)22-42(31(46)24-44(21-20-43)26(3)4)19-18-40(10)27(35(34)42)12-13-30-39(9)16-15-32(50-33(47)23-37(5,6)36(48)49)38(7,8)29(39)14-17-41(30,40)11/h25-27,29-32,46H,12-24,43H2,1-11H3,(H,48,49)/t27-,29+,30-,31+,32-,39+,40-,41-,42+/m1/s1. The fourth-order valence-corrected chi connectivity index (χ4v) is 13.0. The molecule has 0 aliphatic heterocycles. The number of rotatable bonds is 11. The number of carbonyl (C=O) groups excluding carboxylic acids is 2. The second-order valence-corrected chi connectivity index (χ2v) is 20.0. The monoisotopic (exact) mass is 699 g/mol. The molecule has 50 heavy (non-hydrogen) atoms. The number of nitrogens with zero attached hydrogens (tertiary/aromatic N) is 1. The van der Waals surface area contributed by atoms with E-state index in [4.69, 9.17) is 10.5 Å². The van der Waals surface area contributed by atoms with Crippen LogP contribution in [0.1, 0.15) is 140 Å². The van der Waals surface area contributed by atoms with Gasteiger partial charge in [-0.05, 0) is 125 Å². The van der Waals surface area contributed by atoms with Gasteiger partial charge in [-0.15, -0.1) is 0 Å². The van der Waals surface area contributed by atoms with Gasteiger partial charge in [0, 0.05) is 42.9 Å². The van der Waals surface area contributed by atoms with E-state index in [-0.39, 0.29) is 57.8 Å². The molecule has 8 heteroatoms. The maximum atomic E-state index is 14.0. The lowest BCUT2D eigenvalue weighted by Crippen LogP contribution is -2.66. The van der Waals surface area contributed by atoms with Crippen molar-refractivity contribution in [2.24, 2.45) is 61.9 Å². The molecule has 0 heterocycles. The topological polar surface area (TPSA) is 130 Å². The summed E-state index contributed by atoms with van der Waals surface area (Å²) in [4.78, 5) is 41.1. The van der Waals surface area contributed by atoms with Crippen molar-refractivity contribution < 1.29 is 29.3 Å². The molecule has 5 rings (SSSR count). The lowest BCUT2D eigenvalue weighted by Gasteiger charge is -2.72. The van der Waals surface area contributed by atoms with E-state index in [9.17, 15) is 24.6 Å². The minimum absolute atomic E-state index is 0.00191. The summed E-state index contributed by atoms with van der Waals surface area (Å²) in [6.07, 6.45) is 7.33. The average molecular weight is 699 g/mol. The van der Waals surface area contributed by atoms with Crippen LogP contribution in [0, 0.1) is 56.2 Å². The van der Waals surface area contributed by atoms with Crippen molar-refractivity contribution in [3.63, 3.8) is 0 Å². The van der Waals surface area contributed by atoms with Crippen molar-refractivity contribution in [2.45, 2.75) is 159 Å². The Labute approximate surface area is 302 Å². The number of aliphatic hydroxyl groups is 1. The van der Waals surface area contributed by atoms with Gasteiger partial charge >= 0.3 is 11.9 Å². The molecule has 4 fully saturated rings. The fraction of sp³-hybridized carbons (Fsp3) is 0.881. The summed E-state index contributed by atoms with van der Waals surface area (Å²) >= 11 is 0. The van der Waals surface area contributed by atoms with Crippen LogP contribution in [-0.4, -0.2) is 70.7 Å². The van der Waals surface area contributed by atoms with E-state index in [1.165, 1.54) is 5.57 Å². The number of ether oxygens (including phenoxy) is 1. The molecule has 0 spiro atoms. The molecule has 0 unspecified atom stereocenters. The number of carboxylic acids is 1. The first kappa shape index (κ1) is 39.4. The summed E-state index contributed by atoms with van der Waals surface area (Å²) in [6.45, 7) is 25.8. The minimum atomic E-state index is -1.16. The van der Waals surface area contributed by atoms with Crippen molar-refractivity contribution in [2.75, 3.05) is 19.6 Å². The molecule has 0 radical (unpaired) electrons. The minimum Gasteiger partial charge on any atom is -0.481 e. The molecule has 0 aromatic carbocycles. The number of nitrogens with two attached hydrogens (primary N) is 1. The predicted molar refractivity (Wildman–Crippen MR) is 197 cm³/mol. The molecule has 0 aromatic rings. The van der Waals surface area contributed by atoms with Crippen LogP contribution in [-0.2, 0) is 19.1 Å². The molecule has 0 amide bonds. The number of Topliss-reactive ketones (excluding diaryl/α,β-unsaturated/α-hetero) is 1. The summed E-state index contributed by atoms with van der Waals surface area (Å²) in [5, 5.41) is 21.9. The number of ketones is 1. The van der Waals surface area contributed by atoms with E-state index < -0.39 is 28.9 Å². The number of allylic oxidation sites excluding steroid dienone is 1. The van der Waals surface area contributed by atoms with Crippen molar-refractivity contribution in [3.05, 3.63) is 11.1 Å². The first-order valence-electron chi connectivity index (χ1n) is 19.9. The number of hydrogen-bond donors (Lipinski definition) is 3. The van der Waals surface area contributed by atoms with Crippen LogP contribution in [0.4, 0.5) is 0 Å². The van der Waals surface area contributed by atoms with Crippen LogP contribution in [0.5, 0.6) is 0 Å². The molecule has 9 atom stereocenters. The molecular weight excluding hydrogens is 628 g/mol. The molecule has 284 valence electrons. The summed E-state index contributed by atoms with van der Waals surface area (Å²) in [5.74, 6) is 0.102. The molecule has 5 aliphatic carbocycles. The van der Waals surface area contributed by atoms with Crippen LogP contribution in [0.25, 0.3) is 0 Å². The molecule has 0 saturated heterocycles. The third-order valence-electron chi connectivity index (χ3n) is 16.1. The van der Waals surface area contributed by atoms with Gasteiger partial charge in [-0.3, -0.25) is 19.3 Å². The van der Waals surface area contributed by atoms with Crippen LogP contribution in [0.15, 0.2) is 11.1 Å². The average Bonchev–Trinajstić information content (AvgIpc) is 3.31. The highest BCUT2D eigenvalue weighted by Crippen LogP contribution is 2.77. The van der Waals surface area contributed by atoms with Crippen LogP contribution >= 0.6 is 0 Å². The second kappa shape index (κ2) is 13.3. The predicted octanol–water partition coefficient (Wildman–Crippen LogP) is 7.41. The number of fused-ring (bicyclic) bond motifs is 7. The second-order valence-electron chi connectivity index (χ2n) is 20.0. The highest BCUT2D eigenvalue weighted by atomic mass is 16.5. The Bertz CT molecular complexity index is 1380. The molecule has 0 bridgehead atoms. The molecule has 5 aliphatic rings. The number of esters is 1. The van der Waals surface area contributed by atoms with E-state index >= 15 is 0 Å². The Balaban J connectivity index is 1.46. The van der Waals surface area contributed by atoms with E-state index in [0.717, 1.165) is 63.5 Å². The van der Waals surface area contributed by atoms with Crippen LogP contribution < -0.4 is 5.73 Å². The van der Waals surface area contributed by atoms with E-state index in [0.29, 0.717) is 31.3 Å². The first-order chi connectivity index (χ1) is 23.0. The maximum absolute atomic E-state index is 14.0. The van der Waals surface area contributed by atoms with Gasteiger partial charge in [-0.25, -0.2) is 0 Å². The molecule has 0 aromatic heterocycles. The summed E-state index contributed by atoms with van der Waals surface area (Å²) in [6, 6.07) is 0.261. The number of aliphatic hydroxyl groups excluding tert-OH is 1. The highest BCUT2D eigenvalue weighted by molar-refractivity contribution is 6.00. The zero-order valence-electron chi connectivity index (χ0n) is 33.3. The first-order valence-corrected chi connectivity index (χ1v) is 19.9. The number of carbonyl (C=O) groups is 3. The quantitative estimate of drug-likeness (QED) is 0.190. The lowest BCUT2D eigenvalue weighted by atomic mass is 9.33. The van der Waals surface area contributed by atoms with Crippen LogP contribution in [0.2, 0.25) is 0 Å². The largest absolute Gasteiger partial charge is 0.481 e. The normalized spacial score (nSPS) is 38.8. The van der Waals surface area contributed by atoms with Gasteiger partial charge in [0.25, 0.3) is 0 Å². The smallest absolute Gasteiger partial charge is 0.309 e. The molecule has 8 nitrogen and oxygen atoms in total. The zero-order chi connectivity index (χ0) is 37.4. The zero-order valence-corrected chi connectivity index (χ0v) is 33.3. The van der Waals surface area contributed by atoms with Gasteiger partial charge in [0.1, 0.15) is 6.10 Å². The van der Waals surface area contributed by atoms with E-state index in [1.54, 1.807) is 13.8 Å². The summed E-state index contributed by atoms with van der Waals surface area (Å²) in [7, 11) is 0. The SMILES string of the molecule is CC(C)C1=C2[C@H]3CC[C@@H]4[C@@]5(C)CC[C@@H](OC(=O)CC(C)(C)C(=O)O)C(C)(C)[C@@H]5CC[C@@]4(C)[C@]3(C)CC[C@@]2([C@@H](O)CN(CCN)C(C)C)CC1=O. The van der Waals surface area contributed by atoms with Gasteiger partial charge in [0.2, 0.25) is 0 Å². The Morgan fingerprint density at radius 1 is 0.940 bits per heavy atom. The maximum Gasteiger partial charge on any atom is 0.309 e. The third kappa shape index (κ3) is 5.94. The molecule has 4 N–H and O–H groups in total. The van der Waals surface area contributed by atoms with E-state index in [2.05, 4.69) is 67.2 Å². The Hall–Kier alpha value is -1.77. The van der Waals surface area contributed by atoms with E-state index in [1.807, 2.05) is 0 Å². The third-order valence-corrected chi connectivity index (χ3v) is 16.1. The van der Waals surface area contributed by atoms with Crippen LogP contribution in [0.3, 0.4) is 0 Å². The van der Waals surface area contributed by atoms with Gasteiger partial charge in [-0.2, -0.15) is 0 Å². The Morgan fingerprint density at radius 3 is 2.18 bits per heavy atom. The van der Waals surface area contributed by atoms with Crippen molar-refractivity contribution in [1.29, 1.82) is 0 Å². The van der Waals surface area contributed by atoms with Gasteiger partial charge < -0.3 is 20.7 Å². The highest BCUT2D eigenvalue weighted by Gasteiger charge is 2.70. The number of carboxylic acid groups (broad SMARTS) is 1.